The molecule has 3 aromatic carbocycles. The molecule has 0 radical (unpaired) electrons. The molecule has 0 bridgehead atoms. The average Bonchev–Trinajstić information content (AvgIpc) is 3.09. The van der Waals surface area contributed by atoms with Gasteiger partial charge in [0.05, 0.1) is 5.56 Å². The maximum atomic E-state index is 12.5. The topological polar surface area (TPSA) is 65.0 Å². The van der Waals surface area contributed by atoms with Gasteiger partial charge in [0.1, 0.15) is 5.75 Å². The fourth-order valence-corrected chi connectivity index (χ4v) is 3.42. The van der Waals surface area contributed by atoms with Gasteiger partial charge in [-0.3, -0.25) is 0 Å². The van der Waals surface area contributed by atoms with E-state index < -0.39 is 11.9 Å². The molecule has 1 aliphatic rings. The largest absolute Gasteiger partial charge is 0.422 e. The summed E-state index contributed by atoms with van der Waals surface area (Å²) in [5.74, 6) is -0.492. The molecular weight excluding hydrogens is 482 g/mol. The molecule has 0 amide bonds. The Kier molecular flexibility index (Phi) is 6.30. The van der Waals surface area contributed by atoms with E-state index >= 15 is 0 Å². The molecule has 1 heterocycles. The van der Waals surface area contributed by atoms with Crippen LogP contribution in [0.15, 0.2) is 88.0 Å². The van der Waals surface area contributed by atoms with Gasteiger partial charge in [-0.25, -0.2) is 14.6 Å². The summed E-state index contributed by atoms with van der Waals surface area (Å²) in [5, 5.41) is 0.523. The fourth-order valence-electron chi connectivity index (χ4n) is 2.92. The third-order valence-electron chi connectivity index (χ3n) is 4.41. The standard InChI is InChI=1S/C24H15BrClNO4/c25-18-8-11-21(30-23(28)16-6-9-19(26)10-7-16)17(13-18)14-20-24(29)31-22(27-20)12-15-4-2-1-3-5-15/h1-11,13-14H,12H2/b20-14+. The number of nitrogens with zero attached hydrogens (tertiary/aromatic N) is 1. The Hall–Kier alpha value is -3.22. The van der Waals surface area contributed by atoms with Crippen LogP contribution in [0.2, 0.25) is 5.02 Å². The minimum Gasteiger partial charge on any atom is -0.422 e. The van der Waals surface area contributed by atoms with Gasteiger partial charge in [0.15, 0.2) is 5.70 Å². The van der Waals surface area contributed by atoms with Gasteiger partial charge in [-0.15, -0.1) is 0 Å². The van der Waals surface area contributed by atoms with Gasteiger partial charge >= 0.3 is 11.9 Å². The molecule has 7 heteroatoms. The van der Waals surface area contributed by atoms with Gasteiger partial charge in [-0.1, -0.05) is 57.9 Å². The summed E-state index contributed by atoms with van der Waals surface area (Å²) < 4.78 is 11.6. The second-order valence-electron chi connectivity index (χ2n) is 6.67. The minimum absolute atomic E-state index is 0.132. The predicted molar refractivity (Wildman–Crippen MR) is 122 cm³/mol. The van der Waals surface area contributed by atoms with E-state index in [1.54, 1.807) is 42.5 Å². The van der Waals surface area contributed by atoms with Crippen LogP contribution in [-0.2, 0) is 16.0 Å². The van der Waals surface area contributed by atoms with Crippen molar-refractivity contribution in [3.8, 4) is 5.75 Å². The van der Waals surface area contributed by atoms with Crippen LogP contribution in [0.25, 0.3) is 6.08 Å². The first kappa shape index (κ1) is 21.0. The van der Waals surface area contributed by atoms with Crippen LogP contribution in [0, 0.1) is 0 Å². The summed E-state index contributed by atoms with van der Waals surface area (Å²) in [6.07, 6.45) is 1.94. The van der Waals surface area contributed by atoms with E-state index in [2.05, 4.69) is 20.9 Å². The number of aliphatic imine (C=N–C) groups is 1. The molecular formula is C24H15BrClNO4. The maximum Gasteiger partial charge on any atom is 0.363 e. The number of hydrogen-bond donors (Lipinski definition) is 0. The monoisotopic (exact) mass is 495 g/mol. The lowest BCUT2D eigenvalue weighted by atomic mass is 10.1. The van der Waals surface area contributed by atoms with E-state index in [1.165, 1.54) is 6.08 Å². The number of rotatable bonds is 5. The van der Waals surface area contributed by atoms with Crippen LogP contribution in [0.3, 0.4) is 0 Å². The lowest BCUT2D eigenvalue weighted by Crippen LogP contribution is -2.09. The van der Waals surface area contributed by atoms with Crippen LogP contribution < -0.4 is 4.74 Å². The Bertz CT molecular complexity index is 1200. The summed E-state index contributed by atoms with van der Waals surface area (Å²) in [5.41, 5.74) is 1.98. The van der Waals surface area contributed by atoms with Gasteiger partial charge in [-0.05, 0) is 54.1 Å². The summed E-state index contributed by atoms with van der Waals surface area (Å²) in [6.45, 7) is 0. The Morgan fingerprint density at radius 2 is 1.81 bits per heavy atom. The molecule has 0 aliphatic carbocycles. The third-order valence-corrected chi connectivity index (χ3v) is 5.15. The van der Waals surface area contributed by atoms with Crippen molar-refractivity contribution in [1.29, 1.82) is 0 Å². The Morgan fingerprint density at radius 3 is 2.55 bits per heavy atom. The first-order valence-electron chi connectivity index (χ1n) is 9.30. The molecule has 0 aromatic heterocycles. The average molecular weight is 497 g/mol. The van der Waals surface area contributed by atoms with Crippen LogP contribution in [-0.4, -0.2) is 17.8 Å². The first-order chi connectivity index (χ1) is 15.0. The lowest BCUT2D eigenvalue weighted by molar-refractivity contribution is -0.130. The molecule has 31 heavy (non-hydrogen) atoms. The Labute approximate surface area is 192 Å². The second-order valence-corrected chi connectivity index (χ2v) is 8.02. The van der Waals surface area contributed by atoms with Crippen molar-refractivity contribution in [2.24, 2.45) is 4.99 Å². The number of carbonyl (C=O) groups excluding carboxylic acids is 2. The minimum atomic E-state index is -0.555. The number of esters is 2. The van der Waals surface area contributed by atoms with Crippen LogP contribution >= 0.6 is 27.5 Å². The number of cyclic esters (lactones) is 1. The molecule has 0 fully saturated rings. The zero-order valence-electron chi connectivity index (χ0n) is 16.0. The van der Waals surface area contributed by atoms with Crippen molar-refractivity contribution in [2.75, 3.05) is 0 Å². The first-order valence-corrected chi connectivity index (χ1v) is 10.5. The van der Waals surface area contributed by atoms with Crippen molar-refractivity contribution in [1.82, 2.24) is 0 Å². The van der Waals surface area contributed by atoms with Gasteiger partial charge in [0, 0.05) is 21.5 Å². The van der Waals surface area contributed by atoms with Gasteiger partial charge in [0.2, 0.25) is 5.90 Å². The molecule has 4 rings (SSSR count). The molecule has 0 unspecified atom stereocenters. The van der Waals surface area contributed by atoms with E-state index in [9.17, 15) is 9.59 Å². The molecule has 1 aliphatic heterocycles. The van der Waals surface area contributed by atoms with Crippen LogP contribution in [0.5, 0.6) is 5.75 Å². The molecule has 0 N–H and O–H groups in total. The van der Waals surface area contributed by atoms with Crippen molar-refractivity contribution < 1.29 is 19.1 Å². The van der Waals surface area contributed by atoms with E-state index in [0.29, 0.717) is 28.5 Å². The number of benzene rings is 3. The zero-order valence-corrected chi connectivity index (χ0v) is 18.4. The highest BCUT2D eigenvalue weighted by atomic mass is 79.9. The maximum absolute atomic E-state index is 12.5. The molecule has 3 aromatic rings. The second kappa shape index (κ2) is 9.29. The summed E-state index contributed by atoms with van der Waals surface area (Å²) in [7, 11) is 0. The number of halogens is 2. The van der Waals surface area contributed by atoms with Crippen molar-refractivity contribution >= 4 is 51.4 Å². The molecule has 0 saturated heterocycles. The fraction of sp³-hybridized carbons (Fsp3) is 0.0417. The van der Waals surface area contributed by atoms with Crippen molar-refractivity contribution in [2.45, 2.75) is 6.42 Å². The molecule has 0 atom stereocenters. The molecule has 0 saturated carbocycles. The zero-order chi connectivity index (χ0) is 21.8. The van der Waals surface area contributed by atoms with E-state index in [4.69, 9.17) is 21.1 Å². The molecule has 0 spiro atoms. The Balaban J connectivity index is 1.59. The predicted octanol–water partition coefficient (Wildman–Crippen LogP) is 5.86. The quantitative estimate of drug-likeness (QED) is 0.252. The highest BCUT2D eigenvalue weighted by Crippen LogP contribution is 2.28. The SMILES string of the molecule is O=C1OC(Cc2ccccc2)=N/C1=C/c1cc(Br)ccc1OC(=O)c1ccc(Cl)cc1. The van der Waals surface area contributed by atoms with Crippen LogP contribution in [0.1, 0.15) is 21.5 Å². The van der Waals surface area contributed by atoms with Gasteiger partial charge in [0.25, 0.3) is 0 Å². The number of hydrogen-bond acceptors (Lipinski definition) is 5. The molecule has 154 valence electrons. The summed E-state index contributed by atoms with van der Waals surface area (Å²) in [4.78, 5) is 29.1. The number of ether oxygens (including phenoxy) is 2. The lowest BCUT2D eigenvalue weighted by Gasteiger charge is -2.08. The van der Waals surface area contributed by atoms with Gasteiger partial charge in [-0.2, -0.15) is 0 Å². The smallest absolute Gasteiger partial charge is 0.363 e. The van der Waals surface area contributed by atoms with E-state index in [0.717, 1.165) is 10.0 Å². The van der Waals surface area contributed by atoms with E-state index in [1.807, 2.05) is 30.3 Å². The third kappa shape index (κ3) is 5.29. The summed E-state index contributed by atoms with van der Waals surface area (Å²) in [6, 6.07) is 21.1. The number of carbonyl (C=O) groups is 2. The van der Waals surface area contributed by atoms with Crippen molar-refractivity contribution in [3.63, 3.8) is 0 Å². The summed E-state index contributed by atoms with van der Waals surface area (Å²) >= 11 is 9.27. The van der Waals surface area contributed by atoms with E-state index in [-0.39, 0.29) is 11.4 Å². The van der Waals surface area contributed by atoms with Gasteiger partial charge < -0.3 is 9.47 Å². The van der Waals surface area contributed by atoms with Crippen LogP contribution in [0.4, 0.5) is 0 Å². The van der Waals surface area contributed by atoms with Crippen molar-refractivity contribution in [3.05, 3.63) is 105 Å². The highest BCUT2D eigenvalue weighted by Gasteiger charge is 2.24. The Morgan fingerprint density at radius 1 is 1.06 bits per heavy atom. The molecule has 5 nitrogen and oxygen atoms in total. The normalized spacial score (nSPS) is 14.3. The highest BCUT2D eigenvalue weighted by molar-refractivity contribution is 9.10.